The quantitative estimate of drug-likeness (QED) is 0.766. The zero-order chi connectivity index (χ0) is 13.7. The highest BCUT2D eigenvalue weighted by Crippen LogP contribution is 2.18. The van der Waals surface area contributed by atoms with Crippen LogP contribution in [0, 0.1) is 0 Å². The topological polar surface area (TPSA) is 58.7 Å². The van der Waals surface area contributed by atoms with E-state index in [0.29, 0.717) is 22.8 Å². The smallest absolute Gasteiger partial charge is 0.129 e. The fourth-order valence-corrected chi connectivity index (χ4v) is 2.47. The van der Waals surface area contributed by atoms with Crippen molar-refractivity contribution in [1.82, 2.24) is 4.90 Å². The van der Waals surface area contributed by atoms with Crippen LogP contribution in [0.25, 0.3) is 0 Å². The molecule has 0 amide bonds. The maximum absolute atomic E-state index is 9.97. The molecule has 3 N–H and O–H groups in total. The van der Waals surface area contributed by atoms with Gasteiger partial charge < -0.3 is 20.5 Å². The highest BCUT2D eigenvalue weighted by molar-refractivity contribution is 7.80. The Bertz CT molecular complexity index is 433. The van der Waals surface area contributed by atoms with Crippen molar-refractivity contribution in [2.24, 2.45) is 5.73 Å². The van der Waals surface area contributed by atoms with Crippen LogP contribution in [-0.2, 0) is 0 Å². The minimum atomic E-state index is -0.488. The van der Waals surface area contributed by atoms with E-state index in [1.54, 1.807) is 0 Å². The van der Waals surface area contributed by atoms with Crippen LogP contribution in [0.4, 0.5) is 0 Å². The van der Waals surface area contributed by atoms with Gasteiger partial charge in [0, 0.05) is 6.54 Å². The molecule has 1 heterocycles. The second-order valence-corrected chi connectivity index (χ2v) is 5.27. The van der Waals surface area contributed by atoms with Gasteiger partial charge in [0.05, 0.1) is 5.56 Å². The molecule has 4 nitrogen and oxygen atoms in total. The van der Waals surface area contributed by atoms with Gasteiger partial charge in [-0.2, -0.15) is 0 Å². The average Bonchev–Trinajstić information content (AvgIpc) is 2.89. The summed E-state index contributed by atoms with van der Waals surface area (Å²) in [6.07, 6.45) is 1.95. The predicted octanol–water partition coefficient (Wildman–Crippen LogP) is 1.16. The van der Waals surface area contributed by atoms with Crippen LogP contribution >= 0.6 is 12.2 Å². The van der Waals surface area contributed by atoms with Crippen molar-refractivity contribution in [2.45, 2.75) is 18.9 Å². The van der Waals surface area contributed by atoms with Crippen molar-refractivity contribution >= 4 is 17.2 Å². The van der Waals surface area contributed by atoms with E-state index in [4.69, 9.17) is 22.7 Å². The summed E-state index contributed by atoms with van der Waals surface area (Å²) in [6.45, 7) is 3.06. The first kappa shape index (κ1) is 14.2. The van der Waals surface area contributed by atoms with Crippen LogP contribution in [0.2, 0.25) is 0 Å². The average molecular weight is 280 g/mol. The summed E-state index contributed by atoms with van der Waals surface area (Å²) in [7, 11) is 0. The molecular formula is C14H20N2O2S. The molecule has 0 aromatic heterocycles. The number of aliphatic hydroxyl groups is 1. The van der Waals surface area contributed by atoms with E-state index < -0.39 is 6.10 Å². The second kappa shape index (κ2) is 6.84. The number of nitrogens with two attached hydrogens (primary N) is 1. The first-order valence-corrected chi connectivity index (χ1v) is 6.99. The summed E-state index contributed by atoms with van der Waals surface area (Å²) in [6, 6.07) is 7.37. The largest absolute Gasteiger partial charge is 0.490 e. The third-order valence-corrected chi connectivity index (χ3v) is 3.47. The lowest BCUT2D eigenvalue weighted by atomic mass is 10.2. The molecule has 1 fully saturated rings. The number of ether oxygens (including phenoxy) is 1. The van der Waals surface area contributed by atoms with E-state index in [1.807, 2.05) is 24.3 Å². The number of thiocarbonyl (C=S) groups is 1. The summed E-state index contributed by atoms with van der Waals surface area (Å²) in [5.74, 6) is 0.635. The summed E-state index contributed by atoms with van der Waals surface area (Å²) >= 11 is 4.97. The number of nitrogens with zero attached hydrogens (tertiary/aromatic N) is 1. The second-order valence-electron chi connectivity index (χ2n) is 4.83. The molecule has 5 heteroatoms. The van der Waals surface area contributed by atoms with Crippen LogP contribution < -0.4 is 10.5 Å². The van der Waals surface area contributed by atoms with E-state index in [1.165, 1.54) is 12.8 Å². The van der Waals surface area contributed by atoms with Crippen molar-refractivity contribution < 1.29 is 9.84 Å². The van der Waals surface area contributed by atoms with Gasteiger partial charge in [-0.05, 0) is 38.1 Å². The van der Waals surface area contributed by atoms with Crippen molar-refractivity contribution in [1.29, 1.82) is 0 Å². The van der Waals surface area contributed by atoms with E-state index in [0.717, 1.165) is 13.1 Å². The number of aliphatic hydroxyl groups excluding tert-OH is 1. The highest BCUT2D eigenvalue weighted by atomic mass is 32.1. The molecular weight excluding hydrogens is 260 g/mol. The molecule has 1 saturated heterocycles. The zero-order valence-corrected chi connectivity index (χ0v) is 11.7. The Morgan fingerprint density at radius 3 is 2.74 bits per heavy atom. The fraction of sp³-hybridized carbons (Fsp3) is 0.500. The minimum Gasteiger partial charge on any atom is -0.490 e. The summed E-state index contributed by atoms with van der Waals surface area (Å²) < 4.78 is 5.63. The Morgan fingerprint density at radius 2 is 2.05 bits per heavy atom. The van der Waals surface area contributed by atoms with E-state index in [2.05, 4.69) is 4.90 Å². The number of likely N-dealkylation sites (tertiary alicyclic amines) is 1. The fourth-order valence-electron chi connectivity index (χ4n) is 2.30. The van der Waals surface area contributed by atoms with Crippen LogP contribution in [-0.4, -0.2) is 47.3 Å². The van der Waals surface area contributed by atoms with Gasteiger partial charge in [0.1, 0.15) is 23.4 Å². The van der Waals surface area contributed by atoms with Gasteiger partial charge in [0.2, 0.25) is 0 Å². The van der Waals surface area contributed by atoms with Crippen LogP contribution in [0.1, 0.15) is 18.4 Å². The molecule has 1 atom stereocenters. The zero-order valence-electron chi connectivity index (χ0n) is 10.9. The van der Waals surface area contributed by atoms with Crippen LogP contribution in [0.5, 0.6) is 5.75 Å². The van der Waals surface area contributed by atoms with Crippen LogP contribution in [0.3, 0.4) is 0 Å². The molecule has 104 valence electrons. The van der Waals surface area contributed by atoms with Crippen LogP contribution in [0.15, 0.2) is 24.3 Å². The number of para-hydroxylation sites is 1. The normalized spacial score (nSPS) is 17.3. The minimum absolute atomic E-state index is 0.260. The molecule has 0 aliphatic carbocycles. The highest BCUT2D eigenvalue weighted by Gasteiger charge is 2.16. The van der Waals surface area contributed by atoms with Crippen molar-refractivity contribution in [3.8, 4) is 5.75 Å². The van der Waals surface area contributed by atoms with Crippen molar-refractivity contribution in [3.63, 3.8) is 0 Å². The standard InChI is InChI=1S/C14H20N2O2S/c15-14(19)12-5-1-2-6-13(12)18-10-11(17)9-16-7-3-4-8-16/h1-2,5-6,11,17H,3-4,7-10H2,(H2,15,19). The lowest BCUT2D eigenvalue weighted by Crippen LogP contribution is -2.33. The van der Waals surface area contributed by atoms with E-state index in [-0.39, 0.29) is 6.61 Å². The lowest BCUT2D eigenvalue weighted by Gasteiger charge is -2.20. The maximum Gasteiger partial charge on any atom is 0.129 e. The van der Waals surface area contributed by atoms with Gasteiger partial charge in [-0.25, -0.2) is 0 Å². The Kier molecular flexibility index (Phi) is 5.13. The molecule has 0 radical (unpaired) electrons. The number of rotatable bonds is 6. The Balaban J connectivity index is 1.85. The monoisotopic (exact) mass is 280 g/mol. The Morgan fingerprint density at radius 1 is 1.37 bits per heavy atom. The molecule has 1 aromatic rings. The molecule has 0 saturated carbocycles. The summed E-state index contributed by atoms with van der Waals surface area (Å²) in [5, 5.41) is 9.97. The van der Waals surface area contributed by atoms with Gasteiger partial charge in [-0.3, -0.25) is 0 Å². The third kappa shape index (κ3) is 4.16. The maximum atomic E-state index is 9.97. The Hall–Kier alpha value is -1.17. The Labute approximate surface area is 119 Å². The SMILES string of the molecule is NC(=S)c1ccccc1OCC(O)CN1CCCC1. The molecule has 0 bridgehead atoms. The molecule has 19 heavy (non-hydrogen) atoms. The predicted molar refractivity (Wildman–Crippen MR) is 79.5 cm³/mol. The first-order valence-electron chi connectivity index (χ1n) is 6.59. The van der Waals surface area contributed by atoms with E-state index >= 15 is 0 Å². The molecule has 1 aliphatic heterocycles. The molecule has 0 spiro atoms. The summed E-state index contributed by atoms with van der Waals surface area (Å²) in [5.41, 5.74) is 6.35. The van der Waals surface area contributed by atoms with Gasteiger partial charge in [0.15, 0.2) is 0 Å². The number of benzene rings is 1. The van der Waals surface area contributed by atoms with Crippen molar-refractivity contribution in [3.05, 3.63) is 29.8 Å². The molecule has 1 aromatic carbocycles. The third-order valence-electron chi connectivity index (χ3n) is 3.25. The summed E-state index contributed by atoms with van der Waals surface area (Å²) in [4.78, 5) is 2.57. The molecule has 1 aliphatic rings. The van der Waals surface area contributed by atoms with E-state index in [9.17, 15) is 5.11 Å². The lowest BCUT2D eigenvalue weighted by molar-refractivity contribution is 0.0758. The molecule has 2 rings (SSSR count). The first-order chi connectivity index (χ1) is 9.16. The number of hydrogen-bond donors (Lipinski definition) is 2. The van der Waals surface area contributed by atoms with Crippen molar-refractivity contribution in [2.75, 3.05) is 26.2 Å². The van der Waals surface area contributed by atoms with Gasteiger partial charge in [-0.15, -0.1) is 0 Å². The van der Waals surface area contributed by atoms with Gasteiger partial charge in [0.25, 0.3) is 0 Å². The van der Waals surface area contributed by atoms with Gasteiger partial charge >= 0.3 is 0 Å². The van der Waals surface area contributed by atoms with Gasteiger partial charge in [-0.1, -0.05) is 24.4 Å². The number of hydrogen-bond acceptors (Lipinski definition) is 4. The molecule has 1 unspecified atom stereocenters. The number of β-amino-alcohol motifs (C(OH)–C–C–N with tert-alkyl or cyclic N) is 1.